The van der Waals surface area contributed by atoms with E-state index >= 15 is 0 Å². The number of rotatable bonds is 56. The number of hydrogen-bond donors (Lipinski definition) is 2. The van der Waals surface area contributed by atoms with E-state index in [0.29, 0.717) is 30.9 Å². The van der Waals surface area contributed by atoms with Crippen molar-refractivity contribution in [3.8, 4) is 11.8 Å². The monoisotopic (exact) mass is 1230 g/mol. The number of hydrogen-bond acceptors (Lipinski definition) is 5. The zero-order valence-corrected chi connectivity index (χ0v) is 58.9. The van der Waals surface area contributed by atoms with Gasteiger partial charge in [-0.05, 0) is 125 Å². The fourth-order valence-corrected chi connectivity index (χ4v) is 17.0. The summed E-state index contributed by atoms with van der Waals surface area (Å²) in [5, 5.41) is 22.8. The molecule has 2 fully saturated rings. The Morgan fingerprint density at radius 3 is 1.08 bits per heavy atom. The molecule has 2 N–H and O–H groups in total. The van der Waals surface area contributed by atoms with Crippen LogP contribution in [-0.4, -0.2) is 50.5 Å². The van der Waals surface area contributed by atoms with Gasteiger partial charge in [-0.2, -0.15) is 0 Å². The number of aromatic nitrogens is 1. The summed E-state index contributed by atoms with van der Waals surface area (Å²) in [6.07, 6.45) is 71.4. The zero-order valence-electron chi connectivity index (χ0n) is 58.9. The van der Waals surface area contributed by atoms with Crippen molar-refractivity contribution in [1.82, 2.24) is 9.47 Å². The first-order valence-electron chi connectivity index (χ1n) is 39.1. The molecule has 2 aliphatic carbocycles. The average Bonchev–Trinajstić information content (AvgIpc) is 4.14. The van der Waals surface area contributed by atoms with Gasteiger partial charge in [-0.3, -0.25) is 23.9 Å². The highest BCUT2D eigenvalue weighted by Crippen LogP contribution is 2.50. The lowest BCUT2D eigenvalue weighted by Gasteiger charge is -2.44. The normalized spacial score (nSPS) is 21.3. The molecule has 0 bridgehead atoms. The Morgan fingerprint density at radius 1 is 0.420 bits per heavy atom. The Balaban J connectivity index is 1.24. The molecule has 0 spiro atoms. The van der Waals surface area contributed by atoms with Crippen molar-refractivity contribution in [2.24, 2.45) is 47.3 Å². The predicted molar refractivity (Wildman–Crippen MR) is 377 cm³/mol. The third-order valence-corrected chi connectivity index (χ3v) is 22.3. The number of anilines is 1. The largest absolute Gasteiger partial charge is 0.494 e. The number of carbonyl (C=O) groups excluding carboxylic acids is 3. The van der Waals surface area contributed by atoms with E-state index < -0.39 is 0 Å². The third kappa shape index (κ3) is 29.7. The van der Waals surface area contributed by atoms with Crippen LogP contribution in [0.3, 0.4) is 0 Å². The summed E-state index contributed by atoms with van der Waals surface area (Å²) >= 11 is 0. The molecule has 4 rings (SSSR count). The highest BCUT2D eigenvalue weighted by molar-refractivity contribution is 6.12. The SMILES string of the molecule is C=C(C)C(=O)N(CCCCCCCCC1C(CCCC)CCC(CCCCCC)C1CCCCCCCC)c1cc(O)n(CCCCCCCCC2C(CCCCCCCCN3C(=O)C=CC3=O)CCC(CCCCCC)C2CCCCCCCC)c1O. The maximum absolute atomic E-state index is 13.7. The molecule has 3 aliphatic rings. The van der Waals surface area contributed by atoms with Crippen LogP contribution >= 0.6 is 0 Å². The molecule has 508 valence electrons. The number of unbranched alkanes of at least 4 members (excludes halogenated alkanes) is 32. The van der Waals surface area contributed by atoms with Gasteiger partial charge in [-0.25, -0.2) is 0 Å². The van der Waals surface area contributed by atoms with Gasteiger partial charge in [0.2, 0.25) is 5.88 Å². The van der Waals surface area contributed by atoms with Gasteiger partial charge in [0, 0.05) is 43.4 Å². The first-order chi connectivity index (χ1) is 43.0. The van der Waals surface area contributed by atoms with Crippen molar-refractivity contribution in [3.63, 3.8) is 0 Å². The van der Waals surface area contributed by atoms with Crippen LogP contribution in [0.25, 0.3) is 0 Å². The van der Waals surface area contributed by atoms with Gasteiger partial charge in [0.05, 0.1) is 0 Å². The summed E-state index contributed by atoms with van der Waals surface area (Å²) in [6, 6.07) is 1.60. The second kappa shape index (κ2) is 48.7. The molecule has 1 aromatic rings. The molecule has 2 saturated carbocycles. The molecule has 8 atom stereocenters. The van der Waals surface area contributed by atoms with Gasteiger partial charge in [0.25, 0.3) is 17.7 Å². The Kier molecular flexibility index (Phi) is 42.8. The molecule has 1 aliphatic heterocycles. The standard InChI is InChI=1S/C80H143N3O5/c1-8-13-18-22-31-41-53-72-68(49-38-20-15-10-3)57-56-67(48-17-12-5)71(72)52-43-33-25-28-35-45-62-81(79(87)66(6)7)75-65-78(86)83(80(75)88)64-47-37-29-26-34-44-55-74-70(51-40-30-24-27-36-46-63-82-76(84)60-61-77(82)85)59-58-69(50-39-21-16-11-4)73(74)54-42-32-23-19-14-9-2/h60-61,65,67-74,86,88H,6,8-59,62-64H2,1-5,7H3. The minimum absolute atomic E-state index is 0.00498. The second-order valence-electron chi connectivity index (χ2n) is 29.3. The highest BCUT2D eigenvalue weighted by Gasteiger charge is 2.39. The van der Waals surface area contributed by atoms with Crippen molar-refractivity contribution in [1.29, 1.82) is 0 Å². The maximum atomic E-state index is 13.7. The van der Waals surface area contributed by atoms with Gasteiger partial charge in [-0.15, -0.1) is 0 Å². The summed E-state index contributed by atoms with van der Waals surface area (Å²) in [5.74, 6) is 6.74. The van der Waals surface area contributed by atoms with Crippen molar-refractivity contribution >= 4 is 23.4 Å². The molecular weight excluding hydrogens is 1080 g/mol. The topological polar surface area (TPSA) is 103 Å². The summed E-state index contributed by atoms with van der Waals surface area (Å²) < 4.78 is 1.62. The van der Waals surface area contributed by atoms with E-state index in [9.17, 15) is 24.6 Å². The van der Waals surface area contributed by atoms with Gasteiger partial charge >= 0.3 is 0 Å². The van der Waals surface area contributed by atoms with Crippen molar-refractivity contribution in [3.05, 3.63) is 30.4 Å². The maximum Gasteiger partial charge on any atom is 0.253 e. The fourth-order valence-electron chi connectivity index (χ4n) is 17.0. The average molecular weight is 1230 g/mol. The van der Waals surface area contributed by atoms with Gasteiger partial charge < -0.3 is 15.1 Å². The highest BCUT2D eigenvalue weighted by atomic mass is 16.3. The van der Waals surface area contributed by atoms with Crippen molar-refractivity contribution in [2.75, 3.05) is 18.0 Å². The van der Waals surface area contributed by atoms with Crippen LogP contribution in [0.1, 0.15) is 375 Å². The van der Waals surface area contributed by atoms with Crippen LogP contribution in [-0.2, 0) is 20.9 Å². The summed E-state index contributed by atoms with van der Waals surface area (Å²) in [4.78, 5) is 40.7. The van der Waals surface area contributed by atoms with Crippen LogP contribution in [0.5, 0.6) is 11.8 Å². The third-order valence-electron chi connectivity index (χ3n) is 22.3. The Bertz CT molecular complexity index is 1970. The molecule has 8 heteroatoms. The first-order valence-corrected chi connectivity index (χ1v) is 39.1. The number of imide groups is 1. The van der Waals surface area contributed by atoms with Crippen LogP contribution in [0, 0.1) is 47.3 Å². The summed E-state index contributed by atoms with van der Waals surface area (Å²) in [6.45, 7) is 19.1. The van der Waals surface area contributed by atoms with Crippen LogP contribution in [0.15, 0.2) is 30.4 Å². The zero-order chi connectivity index (χ0) is 63.4. The van der Waals surface area contributed by atoms with Crippen molar-refractivity contribution < 1.29 is 24.6 Å². The van der Waals surface area contributed by atoms with E-state index in [1.807, 2.05) is 0 Å². The van der Waals surface area contributed by atoms with E-state index in [-0.39, 0.29) is 29.5 Å². The molecule has 2 heterocycles. The van der Waals surface area contributed by atoms with Gasteiger partial charge in [0.1, 0.15) is 5.69 Å². The Morgan fingerprint density at radius 2 is 0.716 bits per heavy atom. The fraction of sp³-hybridized carbons (Fsp3) is 0.863. The van der Waals surface area contributed by atoms with Crippen molar-refractivity contribution in [2.45, 2.75) is 382 Å². The minimum Gasteiger partial charge on any atom is -0.494 e. The van der Waals surface area contributed by atoms with Gasteiger partial charge in [0.15, 0.2) is 5.88 Å². The lowest BCUT2D eigenvalue weighted by atomic mass is 9.61. The molecule has 0 saturated heterocycles. The minimum atomic E-state index is -0.179. The molecular formula is C80H143N3O5. The molecule has 0 radical (unpaired) electrons. The predicted octanol–water partition coefficient (Wildman–Crippen LogP) is 24.1. The van der Waals surface area contributed by atoms with E-state index in [1.54, 1.807) is 22.5 Å². The number of nitrogens with zero attached hydrogens (tertiary/aromatic N) is 3. The first kappa shape index (κ1) is 77.4. The van der Waals surface area contributed by atoms with E-state index in [4.69, 9.17) is 0 Å². The smallest absolute Gasteiger partial charge is 0.253 e. The molecule has 8 unspecified atom stereocenters. The van der Waals surface area contributed by atoms with E-state index in [0.717, 1.165) is 98.7 Å². The quantitative estimate of drug-likeness (QED) is 0.0384. The molecule has 88 heavy (non-hydrogen) atoms. The lowest BCUT2D eigenvalue weighted by molar-refractivity contribution is -0.136. The van der Waals surface area contributed by atoms with Crippen LogP contribution in [0.4, 0.5) is 5.69 Å². The summed E-state index contributed by atoms with van der Waals surface area (Å²) in [7, 11) is 0. The van der Waals surface area contributed by atoms with E-state index in [2.05, 4.69) is 41.2 Å². The van der Waals surface area contributed by atoms with E-state index in [1.165, 1.54) is 300 Å². The molecule has 3 amide bonds. The molecule has 1 aromatic heterocycles. The Hall–Kier alpha value is -3.03. The number of aromatic hydroxyl groups is 2. The molecule has 0 aromatic carbocycles. The van der Waals surface area contributed by atoms with Crippen LogP contribution in [0.2, 0.25) is 0 Å². The number of amides is 3. The summed E-state index contributed by atoms with van der Waals surface area (Å²) in [5.41, 5.74) is 0.861. The van der Waals surface area contributed by atoms with Gasteiger partial charge in [-0.1, -0.05) is 304 Å². The van der Waals surface area contributed by atoms with Crippen LogP contribution < -0.4 is 4.90 Å². The Labute approximate surface area is 544 Å². The lowest BCUT2D eigenvalue weighted by Crippen LogP contribution is -2.35. The number of carbonyl (C=O) groups is 3. The molecule has 8 nitrogen and oxygen atoms in total. The second-order valence-corrected chi connectivity index (χ2v) is 29.3.